The molecular formula is C23H27NO9. The highest BCUT2D eigenvalue weighted by Crippen LogP contribution is 2.29. The van der Waals surface area contributed by atoms with Crippen LogP contribution in [0.15, 0.2) is 28.7 Å². The van der Waals surface area contributed by atoms with Gasteiger partial charge in [0.15, 0.2) is 18.1 Å². The Morgan fingerprint density at radius 1 is 1.03 bits per heavy atom. The minimum absolute atomic E-state index is 0.0651. The van der Waals surface area contributed by atoms with E-state index in [0.29, 0.717) is 55.7 Å². The molecule has 1 aliphatic heterocycles. The Kier molecular flexibility index (Phi) is 8.31. The lowest BCUT2D eigenvalue weighted by atomic mass is 10.2. The van der Waals surface area contributed by atoms with Crippen LogP contribution in [0.2, 0.25) is 0 Å². The molecule has 1 aromatic carbocycles. The van der Waals surface area contributed by atoms with Gasteiger partial charge in [0.1, 0.15) is 12.4 Å². The fourth-order valence-corrected chi connectivity index (χ4v) is 3.20. The molecule has 1 aromatic heterocycles. The van der Waals surface area contributed by atoms with Crippen molar-refractivity contribution < 1.29 is 42.5 Å². The summed E-state index contributed by atoms with van der Waals surface area (Å²) in [5.41, 5.74) is 0.821. The summed E-state index contributed by atoms with van der Waals surface area (Å²) < 4.78 is 31.8. The zero-order chi connectivity index (χ0) is 23.8. The van der Waals surface area contributed by atoms with Crippen molar-refractivity contribution in [3.63, 3.8) is 0 Å². The standard InChI is InChI=1S/C23H27NO9/c1-4-30-19-12-16(5-6-18(19)31-14-20(25)24-7-9-29-10-8-24)22(26)32-13-17-11-15(2)21(33-17)23(27)28-3/h5-6,11-12H,4,7-10,13-14H2,1-3H3. The molecule has 178 valence electrons. The highest BCUT2D eigenvalue weighted by atomic mass is 16.6. The number of carbonyl (C=O) groups is 3. The number of amides is 1. The zero-order valence-electron chi connectivity index (χ0n) is 18.9. The van der Waals surface area contributed by atoms with E-state index in [1.165, 1.54) is 19.2 Å². The van der Waals surface area contributed by atoms with Gasteiger partial charge in [-0.1, -0.05) is 0 Å². The SMILES string of the molecule is CCOc1cc(C(=O)OCc2cc(C)c(C(=O)OC)o2)ccc1OCC(=O)N1CCOCC1. The number of morpholine rings is 1. The number of hydrogen-bond acceptors (Lipinski definition) is 9. The predicted octanol–water partition coefficient (Wildman–Crippen LogP) is 2.37. The number of furan rings is 1. The fraction of sp³-hybridized carbons (Fsp3) is 0.435. The van der Waals surface area contributed by atoms with E-state index in [9.17, 15) is 14.4 Å². The summed E-state index contributed by atoms with van der Waals surface area (Å²) in [6, 6.07) is 6.18. The van der Waals surface area contributed by atoms with Crippen LogP contribution in [0.5, 0.6) is 11.5 Å². The molecule has 2 aromatic rings. The van der Waals surface area contributed by atoms with Gasteiger partial charge >= 0.3 is 11.9 Å². The van der Waals surface area contributed by atoms with Crippen LogP contribution in [0.25, 0.3) is 0 Å². The van der Waals surface area contributed by atoms with Crippen molar-refractivity contribution in [2.45, 2.75) is 20.5 Å². The van der Waals surface area contributed by atoms with Crippen molar-refractivity contribution in [3.8, 4) is 11.5 Å². The smallest absolute Gasteiger partial charge is 0.374 e. The lowest BCUT2D eigenvalue weighted by Gasteiger charge is -2.26. The van der Waals surface area contributed by atoms with Crippen LogP contribution in [0.3, 0.4) is 0 Å². The van der Waals surface area contributed by atoms with Crippen LogP contribution in [-0.2, 0) is 25.6 Å². The Balaban J connectivity index is 1.62. The van der Waals surface area contributed by atoms with E-state index in [1.807, 2.05) is 0 Å². The molecule has 1 fully saturated rings. The third-order valence-electron chi connectivity index (χ3n) is 4.88. The number of carbonyl (C=O) groups excluding carboxylic acids is 3. The number of methoxy groups -OCH3 is 1. The second-order valence-corrected chi connectivity index (χ2v) is 7.17. The number of ether oxygens (including phenoxy) is 5. The summed E-state index contributed by atoms with van der Waals surface area (Å²) in [7, 11) is 1.26. The number of hydrogen-bond donors (Lipinski definition) is 0. The molecule has 0 saturated carbocycles. The Morgan fingerprint density at radius 2 is 1.79 bits per heavy atom. The van der Waals surface area contributed by atoms with Crippen LogP contribution in [0, 0.1) is 6.92 Å². The third-order valence-corrected chi connectivity index (χ3v) is 4.88. The Hall–Kier alpha value is -3.53. The number of aryl methyl sites for hydroxylation is 1. The van der Waals surface area contributed by atoms with E-state index in [4.69, 9.17) is 23.4 Å². The van der Waals surface area contributed by atoms with Crippen molar-refractivity contribution in [2.24, 2.45) is 0 Å². The second kappa shape index (κ2) is 11.4. The van der Waals surface area contributed by atoms with Gasteiger partial charge in [0.25, 0.3) is 5.91 Å². The van der Waals surface area contributed by atoms with Gasteiger partial charge in [0.2, 0.25) is 5.76 Å². The maximum Gasteiger partial charge on any atom is 0.374 e. The van der Waals surface area contributed by atoms with E-state index in [0.717, 1.165) is 0 Å². The maximum absolute atomic E-state index is 12.5. The van der Waals surface area contributed by atoms with Gasteiger partial charge in [-0.2, -0.15) is 0 Å². The third kappa shape index (κ3) is 6.26. The predicted molar refractivity (Wildman–Crippen MR) is 114 cm³/mol. The zero-order valence-corrected chi connectivity index (χ0v) is 18.9. The van der Waals surface area contributed by atoms with Gasteiger partial charge in [-0.3, -0.25) is 4.79 Å². The number of esters is 2. The van der Waals surface area contributed by atoms with Crippen molar-refractivity contribution >= 4 is 17.8 Å². The van der Waals surface area contributed by atoms with E-state index in [1.54, 1.807) is 30.9 Å². The largest absolute Gasteiger partial charge is 0.490 e. The van der Waals surface area contributed by atoms with Crippen molar-refractivity contribution in [1.29, 1.82) is 0 Å². The monoisotopic (exact) mass is 461 g/mol. The summed E-state index contributed by atoms with van der Waals surface area (Å²) in [5, 5.41) is 0. The number of rotatable bonds is 9. The summed E-state index contributed by atoms with van der Waals surface area (Å²) >= 11 is 0. The van der Waals surface area contributed by atoms with E-state index in [2.05, 4.69) is 4.74 Å². The van der Waals surface area contributed by atoms with E-state index < -0.39 is 11.9 Å². The van der Waals surface area contributed by atoms with Crippen LogP contribution in [0.1, 0.15) is 39.2 Å². The molecule has 33 heavy (non-hydrogen) atoms. The summed E-state index contributed by atoms with van der Waals surface area (Å²) in [6.45, 7) is 5.60. The van der Waals surface area contributed by atoms with Crippen molar-refractivity contribution in [3.05, 3.63) is 46.9 Å². The van der Waals surface area contributed by atoms with Gasteiger partial charge < -0.3 is 33.0 Å². The number of benzene rings is 1. The molecule has 1 saturated heterocycles. The number of nitrogens with zero attached hydrogens (tertiary/aromatic N) is 1. The minimum Gasteiger partial charge on any atom is -0.490 e. The van der Waals surface area contributed by atoms with Crippen LogP contribution in [0.4, 0.5) is 0 Å². The molecule has 0 bridgehead atoms. The molecule has 0 N–H and O–H groups in total. The molecule has 1 amide bonds. The normalized spacial score (nSPS) is 13.4. The average molecular weight is 461 g/mol. The Morgan fingerprint density at radius 3 is 2.48 bits per heavy atom. The lowest BCUT2D eigenvalue weighted by molar-refractivity contribution is -0.137. The molecule has 3 rings (SSSR count). The molecule has 0 spiro atoms. The lowest BCUT2D eigenvalue weighted by Crippen LogP contribution is -2.43. The average Bonchev–Trinajstić information content (AvgIpc) is 3.22. The molecule has 0 radical (unpaired) electrons. The first-order valence-electron chi connectivity index (χ1n) is 10.5. The van der Waals surface area contributed by atoms with Gasteiger partial charge in [-0.25, -0.2) is 9.59 Å². The van der Waals surface area contributed by atoms with Gasteiger partial charge in [0.05, 0.1) is 32.5 Å². The molecule has 0 aliphatic carbocycles. The highest BCUT2D eigenvalue weighted by Gasteiger charge is 2.20. The molecule has 1 aliphatic rings. The molecule has 0 atom stereocenters. The molecule has 2 heterocycles. The topological polar surface area (TPSA) is 114 Å². The van der Waals surface area contributed by atoms with Gasteiger partial charge in [0, 0.05) is 18.7 Å². The second-order valence-electron chi connectivity index (χ2n) is 7.17. The van der Waals surface area contributed by atoms with Crippen LogP contribution in [-0.4, -0.2) is 69.4 Å². The van der Waals surface area contributed by atoms with Crippen molar-refractivity contribution in [2.75, 3.05) is 46.6 Å². The van der Waals surface area contributed by atoms with Gasteiger partial charge in [-0.15, -0.1) is 0 Å². The molecule has 0 unspecified atom stereocenters. The maximum atomic E-state index is 12.5. The molecule has 10 nitrogen and oxygen atoms in total. The fourth-order valence-electron chi connectivity index (χ4n) is 3.20. The quantitative estimate of drug-likeness (QED) is 0.519. The van der Waals surface area contributed by atoms with Crippen molar-refractivity contribution in [1.82, 2.24) is 4.90 Å². The first-order chi connectivity index (χ1) is 15.9. The van der Waals surface area contributed by atoms with Crippen LogP contribution >= 0.6 is 0 Å². The van der Waals surface area contributed by atoms with E-state index in [-0.39, 0.29) is 30.4 Å². The molecular weight excluding hydrogens is 434 g/mol. The minimum atomic E-state index is -0.611. The van der Waals surface area contributed by atoms with Gasteiger partial charge in [-0.05, 0) is 38.1 Å². The summed E-state index contributed by atoms with van der Waals surface area (Å²) in [6.07, 6.45) is 0. The Bertz CT molecular complexity index is 992. The molecule has 10 heteroatoms. The summed E-state index contributed by atoms with van der Waals surface area (Å²) in [5.74, 6) is -0.315. The first-order valence-corrected chi connectivity index (χ1v) is 10.5. The Labute approximate surface area is 191 Å². The van der Waals surface area contributed by atoms with Crippen LogP contribution < -0.4 is 9.47 Å². The highest BCUT2D eigenvalue weighted by molar-refractivity contribution is 5.90. The van der Waals surface area contributed by atoms with E-state index >= 15 is 0 Å². The summed E-state index contributed by atoms with van der Waals surface area (Å²) in [4.78, 5) is 38.2. The first kappa shape index (κ1) is 24.1.